The average Bonchev–Trinajstić information content (AvgIpc) is 2.97. The van der Waals surface area contributed by atoms with Crippen LogP contribution in [-0.4, -0.2) is 54.8 Å². The number of likely N-dealkylation sites (N-methyl/N-ethyl adjacent to an activating group) is 1. The second-order valence-electron chi connectivity index (χ2n) is 6.70. The first-order chi connectivity index (χ1) is 11.2. The Bertz CT molecular complexity index is 829. The first-order valence-corrected chi connectivity index (χ1v) is 10.4. The van der Waals surface area contributed by atoms with Crippen molar-refractivity contribution in [1.29, 1.82) is 0 Å². The highest BCUT2D eigenvalue weighted by Gasteiger charge is 2.39. The molecule has 1 aromatic heterocycles. The van der Waals surface area contributed by atoms with Crippen LogP contribution in [0.1, 0.15) is 18.4 Å². The highest BCUT2D eigenvalue weighted by Crippen LogP contribution is 2.23. The number of fused-ring (bicyclic) bond motifs is 1. The van der Waals surface area contributed by atoms with Gasteiger partial charge in [-0.1, -0.05) is 12.1 Å². The van der Waals surface area contributed by atoms with Crippen molar-refractivity contribution >= 4 is 37.3 Å². The van der Waals surface area contributed by atoms with Crippen molar-refractivity contribution in [2.24, 2.45) is 0 Å². The van der Waals surface area contributed by atoms with Crippen LogP contribution in [0, 0.1) is 0 Å². The van der Waals surface area contributed by atoms with Crippen LogP contribution in [0.25, 0.3) is 10.2 Å². The summed E-state index contributed by atoms with van der Waals surface area (Å²) in [7, 11) is -1.17. The Morgan fingerprint density at radius 2 is 2.17 bits per heavy atom. The summed E-state index contributed by atoms with van der Waals surface area (Å²) in [4.78, 5) is 18.7. The van der Waals surface area contributed by atoms with Crippen LogP contribution in [0.3, 0.4) is 0 Å². The Hall–Kier alpha value is -1.51. The van der Waals surface area contributed by atoms with Crippen LogP contribution in [0.2, 0.25) is 0 Å². The van der Waals surface area contributed by atoms with Gasteiger partial charge in [0.15, 0.2) is 9.84 Å². The molecule has 0 unspecified atom stereocenters. The van der Waals surface area contributed by atoms with Gasteiger partial charge in [-0.2, -0.15) is 0 Å². The van der Waals surface area contributed by atoms with Gasteiger partial charge < -0.3 is 5.32 Å². The molecular weight excluding hydrogens is 346 g/mol. The number of sulfone groups is 1. The number of aromatic nitrogens is 1. The van der Waals surface area contributed by atoms with E-state index in [1.165, 1.54) is 0 Å². The summed E-state index contributed by atoms with van der Waals surface area (Å²) in [6, 6.07) is 7.95. The number of nitrogens with zero attached hydrogens (tertiary/aromatic N) is 2. The van der Waals surface area contributed by atoms with Gasteiger partial charge in [-0.15, -0.1) is 11.3 Å². The van der Waals surface area contributed by atoms with Crippen LogP contribution in [0.5, 0.6) is 0 Å². The lowest BCUT2D eigenvalue weighted by Gasteiger charge is -2.25. The fraction of sp³-hybridized carbons (Fsp3) is 0.500. The zero-order valence-electron chi connectivity index (χ0n) is 13.8. The van der Waals surface area contributed by atoms with Crippen molar-refractivity contribution in [1.82, 2.24) is 15.2 Å². The Morgan fingerprint density at radius 1 is 1.42 bits per heavy atom. The monoisotopic (exact) mass is 367 g/mol. The number of carbonyl (C=O) groups is 1. The van der Waals surface area contributed by atoms with Crippen LogP contribution in [0.15, 0.2) is 24.3 Å². The van der Waals surface area contributed by atoms with Crippen molar-refractivity contribution in [2.45, 2.75) is 25.4 Å². The molecule has 0 radical (unpaired) electrons. The number of hydrogen-bond donors (Lipinski definition) is 1. The molecule has 0 spiro atoms. The minimum absolute atomic E-state index is 0.0212. The Morgan fingerprint density at radius 3 is 2.83 bits per heavy atom. The highest BCUT2D eigenvalue weighted by molar-refractivity contribution is 7.91. The van der Waals surface area contributed by atoms with Gasteiger partial charge in [0, 0.05) is 0 Å². The van der Waals surface area contributed by atoms with Crippen LogP contribution >= 0.6 is 11.3 Å². The topological polar surface area (TPSA) is 79.4 Å². The molecule has 1 amide bonds. The van der Waals surface area contributed by atoms with E-state index >= 15 is 0 Å². The van der Waals surface area contributed by atoms with Crippen LogP contribution in [-0.2, 0) is 21.2 Å². The lowest BCUT2D eigenvalue weighted by molar-refractivity contribution is -0.123. The molecule has 6 nitrogen and oxygen atoms in total. The largest absolute Gasteiger partial charge is 0.349 e. The molecule has 1 saturated heterocycles. The van der Waals surface area contributed by atoms with Gasteiger partial charge in [0.2, 0.25) is 5.91 Å². The number of carbonyl (C=O) groups excluding carboxylic acids is 1. The van der Waals surface area contributed by atoms with Gasteiger partial charge in [0.1, 0.15) is 5.01 Å². The standard InChI is InChI=1S/C16H21N3O3S2/c1-16(7-8-24(21,22)11-16)18-14(20)9-19(2)10-15-17-12-5-3-4-6-13(12)23-15/h3-6H,7-11H2,1-2H3,(H,18,20)/t16-/m1/s1. The number of rotatable bonds is 5. The number of benzene rings is 1. The average molecular weight is 367 g/mol. The molecule has 1 aliphatic heterocycles. The van der Waals surface area contributed by atoms with Crippen molar-refractivity contribution in [3.8, 4) is 0 Å². The highest BCUT2D eigenvalue weighted by atomic mass is 32.2. The quantitative estimate of drug-likeness (QED) is 0.865. The van der Waals surface area contributed by atoms with E-state index in [2.05, 4.69) is 10.3 Å². The number of hydrogen-bond acceptors (Lipinski definition) is 6. The molecule has 2 heterocycles. The summed E-state index contributed by atoms with van der Waals surface area (Å²) in [5.41, 5.74) is 0.325. The van der Waals surface area contributed by atoms with E-state index in [-0.39, 0.29) is 24.0 Å². The van der Waals surface area contributed by atoms with E-state index in [1.807, 2.05) is 36.2 Å². The third-order valence-electron chi connectivity index (χ3n) is 4.10. The summed E-state index contributed by atoms with van der Waals surface area (Å²) >= 11 is 1.62. The molecule has 0 bridgehead atoms. The van der Waals surface area contributed by atoms with E-state index in [4.69, 9.17) is 0 Å². The van der Waals surface area contributed by atoms with Gasteiger partial charge in [0.25, 0.3) is 0 Å². The second-order valence-corrected chi connectivity index (χ2v) is 10.00. The Kier molecular flexibility index (Phi) is 4.63. The van der Waals surface area contributed by atoms with E-state index in [9.17, 15) is 13.2 Å². The molecule has 2 aromatic rings. The van der Waals surface area contributed by atoms with E-state index in [0.29, 0.717) is 13.0 Å². The predicted molar refractivity (Wildman–Crippen MR) is 95.8 cm³/mol. The van der Waals surface area contributed by atoms with Gasteiger partial charge in [-0.3, -0.25) is 9.69 Å². The minimum Gasteiger partial charge on any atom is -0.349 e. The fourth-order valence-corrected chi connectivity index (χ4v) is 6.15. The first kappa shape index (κ1) is 17.3. The van der Waals surface area contributed by atoms with Gasteiger partial charge in [-0.05, 0) is 32.5 Å². The van der Waals surface area contributed by atoms with Gasteiger partial charge in [-0.25, -0.2) is 13.4 Å². The number of amides is 1. The molecule has 1 fully saturated rings. The Balaban J connectivity index is 1.56. The summed E-state index contributed by atoms with van der Waals surface area (Å²) in [5.74, 6) is 0.0109. The molecule has 0 saturated carbocycles. The summed E-state index contributed by atoms with van der Waals surface area (Å²) < 4.78 is 24.3. The molecule has 1 aliphatic rings. The normalized spacial score (nSPS) is 23.0. The van der Waals surface area contributed by atoms with Crippen LogP contribution < -0.4 is 5.32 Å². The molecule has 24 heavy (non-hydrogen) atoms. The lowest BCUT2D eigenvalue weighted by atomic mass is 10.0. The minimum atomic E-state index is -3.03. The first-order valence-electron chi connectivity index (χ1n) is 7.79. The molecule has 3 rings (SSSR count). The zero-order valence-corrected chi connectivity index (χ0v) is 15.4. The van der Waals surface area contributed by atoms with E-state index < -0.39 is 15.4 Å². The summed E-state index contributed by atoms with van der Waals surface area (Å²) in [6.45, 7) is 2.59. The second kappa shape index (κ2) is 6.42. The number of para-hydroxylation sites is 1. The van der Waals surface area contributed by atoms with Crippen LogP contribution in [0.4, 0.5) is 0 Å². The number of thiazole rings is 1. The van der Waals surface area contributed by atoms with Crippen molar-refractivity contribution in [3.63, 3.8) is 0 Å². The number of nitrogens with one attached hydrogen (secondary N) is 1. The lowest BCUT2D eigenvalue weighted by Crippen LogP contribution is -2.49. The summed E-state index contributed by atoms with van der Waals surface area (Å²) in [5, 5.41) is 3.84. The van der Waals surface area contributed by atoms with E-state index in [1.54, 1.807) is 18.3 Å². The molecule has 1 N–H and O–H groups in total. The van der Waals surface area contributed by atoms with E-state index in [0.717, 1.165) is 15.2 Å². The molecule has 1 atom stereocenters. The van der Waals surface area contributed by atoms with Crippen molar-refractivity contribution in [3.05, 3.63) is 29.3 Å². The third kappa shape index (κ3) is 4.12. The van der Waals surface area contributed by atoms with Crippen molar-refractivity contribution in [2.75, 3.05) is 25.1 Å². The third-order valence-corrected chi connectivity index (χ3v) is 7.03. The molecule has 1 aromatic carbocycles. The summed E-state index contributed by atoms with van der Waals surface area (Å²) in [6.07, 6.45) is 0.475. The molecular formula is C16H21N3O3S2. The predicted octanol–water partition coefficient (Wildman–Crippen LogP) is 1.42. The molecule has 130 valence electrons. The maximum absolute atomic E-state index is 12.2. The zero-order chi connectivity index (χ0) is 17.4. The smallest absolute Gasteiger partial charge is 0.234 e. The maximum atomic E-state index is 12.2. The van der Waals surface area contributed by atoms with Gasteiger partial charge in [0.05, 0.1) is 40.4 Å². The maximum Gasteiger partial charge on any atom is 0.234 e. The van der Waals surface area contributed by atoms with Gasteiger partial charge >= 0.3 is 0 Å². The SMILES string of the molecule is CN(CC(=O)N[C@]1(C)CCS(=O)(=O)C1)Cc1nc2ccccc2s1. The van der Waals surface area contributed by atoms with Crippen molar-refractivity contribution < 1.29 is 13.2 Å². The fourth-order valence-electron chi connectivity index (χ4n) is 3.00. The Labute approximate surface area is 145 Å². The molecule has 8 heteroatoms. The molecule has 0 aliphatic carbocycles.